The van der Waals surface area contributed by atoms with Crippen molar-refractivity contribution < 1.29 is 4.74 Å². The van der Waals surface area contributed by atoms with Crippen LogP contribution in [0.3, 0.4) is 0 Å². The van der Waals surface area contributed by atoms with Gasteiger partial charge < -0.3 is 10.5 Å². The van der Waals surface area contributed by atoms with Crippen LogP contribution in [-0.2, 0) is 19.3 Å². The largest absolute Gasteiger partial charge is 0.492 e. The number of hydrogen-bond donors (Lipinski definition) is 1. The summed E-state index contributed by atoms with van der Waals surface area (Å²) >= 11 is 0. The molecule has 1 unspecified atom stereocenters. The lowest BCUT2D eigenvalue weighted by atomic mass is 9.98. The number of rotatable bonds is 0. The van der Waals surface area contributed by atoms with Gasteiger partial charge in [-0.15, -0.1) is 0 Å². The molecule has 0 saturated carbocycles. The van der Waals surface area contributed by atoms with Gasteiger partial charge in [0.25, 0.3) is 0 Å². The van der Waals surface area contributed by atoms with E-state index in [1.807, 2.05) is 0 Å². The van der Waals surface area contributed by atoms with Crippen molar-refractivity contribution in [3.63, 3.8) is 0 Å². The molecular formula is C12H15NO. The van der Waals surface area contributed by atoms with E-state index in [0.29, 0.717) is 6.61 Å². The first-order valence-corrected chi connectivity index (χ1v) is 5.36. The minimum atomic E-state index is 0.182. The number of aryl methyl sites for hydroxylation is 2. The van der Waals surface area contributed by atoms with Crippen molar-refractivity contribution in [1.82, 2.24) is 0 Å². The Balaban J connectivity index is 2.06. The van der Waals surface area contributed by atoms with Gasteiger partial charge in [0, 0.05) is 6.04 Å². The quantitative estimate of drug-likeness (QED) is 0.670. The molecule has 0 spiro atoms. The minimum Gasteiger partial charge on any atom is -0.492 e. The normalized spacial score (nSPS) is 23.9. The third-order valence-corrected chi connectivity index (χ3v) is 3.21. The maximum atomic E-state index is 5.87. The van der Waals surface area contributed by atoms with Crippen LogP contribution in [0.4, 0.5) is 0 Å². The van der Waals surface area contributed by atoms with E-state index in [1.54, 1.807) is 0 Å². The van der Waals surface area contributed by atoms with E-state index in [2.05, 4.69) is 12.1 Å². The molecule has 1 aliphatic heterocycles. The van der Waals surface area contributed by atoms with Gasteiger partial charge in [-0.25, -0.2) is 0 Å². The first-order valence-electron chi connectivity index (χ1n) is 5.36. The fourth-order valence-corrected chi connectivity index (χ4v) is 2.48. The number of fused-ring (bicyclic) bond motifs is 2. The third kappa shape index (κ3) is 1.22. The first kappa shape index (κ1) is 8.30. The molecular weight excluding hydrogens is 174 g/mol. The molecule has 0 amide bonds. The Bertz CT molecular complexity index is 373. The highest BCUT2D eigenvalue weighted by Crippen LogP contribution is 2.32. The fraction of sp³-hybridized carbons (Fsp3) is 0.500. The van der Waals surface area contributed by atoms with Crippen molar-refractivity contribution in [3.8, 4) is 5.75 Å². The van der Waals surface area contributed by atoms with E-state index in [0.717, 1.165) is 12.2 Å². The van der Waals surface area contributed by atoms with Crippen molar-refractivity contribution in [1.29, 1.82) is 0 Å². The van der Waals surface area contributed by atoms with E-state index >= 15 is 0 Å². The van der Waals surface area contributed by atoms with Crippen LogP contribution in [0.2, 0.25) is 0 Å². The second-order valence-corrected chi connectivity index (χ2v) is 4.36. The zero-order valence-electron chi connectivity index (χ0n) is 8.25. The highest BCUT2D eigenvalue weighted by atomic mass is 16.5. The Labute approximate surface area is 84.1 Å². The van der Waals surface area contributed by atoms with Crippen LogP contribution in [0.25, 0.3) is 0 Å². The molecule has 74 valence electrons. The molecule has 14 heavy (non-hydrogen) atoms. The van der Waals surface area contributed by atoms with Crippen LogP contribution >= 0.6 is 0 Å². The van der Waals surface area contributed by atoms with Crippen LogP contribution < -0.4 is 10.5 Å². The molecule has 0 saturated heterocycles. The molecule has 1 aliphatic carbocycles. The van der Waals surface area contributed by atoms with Gasteiger partial charge in [-0.05, 0) is 48.4 Å². The van der Waals surface area contributed by atoms with Crippen LogP contribution in [0.5, 0.6) is 5.75 Å². The molecule has 1 atom stereocenters. The Morgan fingerprint density at radius 3 is 2.79 bits per heavy atom. The lowest BCUT2D eigenvalue weighted by Gasteiger charge is -2.23. The lowest BCUT2D eigenvalue weighted by molar-refractivity contribution is 0.263. The summed E-state index contributed by atoms with van der Waals surface area (Å²) in [6, 6.07) is 4.71. The second kappa shape index (κ2) is 2.99. The Kier molecular flexibility index (Phi) is 1.77. The number of ether oxygens (including phenoxy) is 1. The molecule has 0 bridgehead atoms. The Morgan fingerprint density at radius 2 is 1.93 bits per heavy atom. The molecule has 0 radical (unpaired) electrons. The average molecular weight is 189 g/mol. The van der Waals surface area contributed by atoms with Gasteiger partial charge in [0.15, 0.2) is 0 Å². The summed E-state index contributed by atoms with van der Waals surface area (Å²) in [5.41, 5.74) is 10.2. The topological polar surface area (TPSA) is 35.2 Å². The van der Waals surface area contributed by atoms with E-state index in [-0.39, 0.29) is 6.04 Å². The van der Waals surface area contributed by atoms with E-state index in [1.165, 1.54) is 36.0 Å². The van der Waals surface area contributed by atoms with Gasteiger partial charge in [-0.1, -0.05) is 6.07 Å². The zero-order chi connectivity index (χ0) is 9.54. The average Bonchev–Trinajstić information content (AvgIpc) is 2.61. The van der Waals surface area contributed by atoms with Crippen LogP contribution in [-0.4, -0.2) is 12.6 Å². The summed E-state index contributed by atoms with van der Waals surface area (Å²) in [6.45, 7) is 0.672. The molecule has 2 nitrogen and oxygen atoms in total. The van der Waals surface area contributed by atoms with E-state index in [4.69, 9.17) is 10.5 Å². The smallest absolute Gasteiger partial charge is 0.122 e. The summed E-state index contributed by atoms with van der Waals surface area (Å²) in [7, 11) is 0. The summed E-state index contributed by atoms with van der Waals surface area (Å²) in [5, 5.41) is 0. The summed E-state index contributed by atoms with van der Waals surface area (Å²) in [6.07, 6.45) is 4.72. The highest BCUT2D eigenvalue weighted by molar-refractivity contribution is 5.46. The summed E-state index contributed by atoms with van der Waals surface area (Å²) in [4.78, 5) is 0. The zero-order valence-corrected chi connectivity index (χ0v) is 8.25. The van der Waals surface area contributed by atoms with Crippen molar-refractivity contribution in [2.24, 2.45) is 5.73 Å². The molecule has 3 rings (SSSR count). The Hall–Kier alpha value is -1.02. The maximum Gasteiger partial charge on any atom is 0.122 e. The predicted molar refractivity (Wildman–Crippen MR) is 55.6 cm³/mol. The maximum absolute atomic E-state index is 5.87. The lowest BCUT2D eigenvalue weighted by Crippen LogP contribution is -2.33. The van der Waals surface area contributed by atoms with Crippen LogP contribution in [0, 0.1) is 0 Å². The molecule has 0 aromatic heterocycles. The highest BCUT2D eigenvalue weighted by Gasteiger charge is 2.20. The second-order valence-electron chi connectivity index (χ2n) is 4.36. The van der Waals surface area contributed by atoms with Crippen molar-refractivity contribution in [2.45, 2.75) is 31.7 Å². The third-order valence-electron chi connectivity index (χ3n) is 3.21. The van der Waals surface area contributed by atoms with E-state index in [9.17, 15) is 0 Å². The van der Waals surface area contributed by atoms with E-state index < -0.39 is 0 Å². The monoisotopic (exact) mass is 189 g/mol. The number of hydrogen-bond acceptors (Lipinski definition) is 2. The van der Waals surface area contributed by atoms with Crippen LogP contribution in [0.1, 0.15) is 23.1 Å². The standard InChI is InChI=1S/C12H15NO/c13-11-5-10-4-8-2-1-3-9(8)6-12(10)14-7-11/h4,6,11H,1-3,5,7,13H2. The molecule has 2 N–H and O–H groups in total. The van der Waals surface area contributed by atoms with Gasteiger partial charge in [0.05, 0.1) is 0 Å². The van der Waals surface area contributed by atoms with Gasteiger partial charge in [0.2, 0.25) is 0 Å². The number of nitrogens with two attached hydrogens (primary N) is 1. The van der Waals surface area contributed by atoms with Crippen molar-refractivity contribution >= 4 is 0 Å². The van der Waals surface area contributed by atoms with Crippen LogP contribution in [0.15, 0.2) is 12.1 Å². The molecule has 1 heterocycles. The Morgan fingerprint density at radius 1 is 1.14 bits per heavy atom. The van der Waals surface area contributed by atoms with Gasteiger partial charge in [-0.2, -0.15) is 0 Å². The first-order chi connectivity index (χ1) is 6.83. The van der Waals surface area contributed by atoms with Crippen molar-refractivity contribution in [2.75, 3.05) is 6.61 Å². The van der Waals surface area contributed by atoms with Gasteiger partial charge in [0.1, 0.15) is 12.4 Å². The summed E-state index contributed by atoms with van der Waals surface area (Å²) in [5.74, 6) is 1.08. The van der Waals surface area contributed by atoms with Gasteiger partial charge in [-0.3, -0.25) is 0 Å². The van der Waals surface area contributed by atoms with Gasteiger partial charge >= 0.3 is 0 Å². The molecule has 2 heteroatoms. The molecule has 2 aliphatic rings. The van der Waals surface area contributed by atoms with Crippen molar-refractivity contribution in [3.05, 3.63) is 28.8 Å². The summed E-state index contributed by atoms with van der Waals surface area (Å²) < 4.78 is 5.64. The SMILES string of the molecule is NC1COc2cc3c(cc2C1)CCC3. The fourth-order valence-electron chi connectivity index (χ4n) is 2.48. The minimum absolute atomic E-state index is 0.182. The number of benzene rings is 1. The molecule has 0 fully saturated rings. The molecule has 1 aromatic carbocycles. The predicted octanol–water partition coefficient (Wildman–Crippen LogP) is 1.44. The molecule has 1 aromatic rings.